The van der Waals surface area contributed by atoms with Crippen molar-refractivity contribution in [2.24, 2.45) is 5.92 Å². The fourth-order valence-electron chi connectivity index (χ4n) is 3.58. The molecule has 2 N–H and O–H groups in total. The highest BCUT2D eigenvalue weighted by molar-refractivity contribution is 6.05. The average molecular weight is 403 g/mol. The second-order valence-electron chi connectivity index (χ2n) is 7.99. The van der Waals surface area contributed by atoms with E-state index in [9.17, 15) is 14.4 Å². The Labute approximate surface area is 170 Å². The van der Waals surface area contributed by atoms with Crippen molar-refractivity contribution in [3.05, 3.63) is 17.7 Å². The Balaban J connectivity index is 1.49. The van der Waals surface area contributed by atoms with Gasteiger partial charge in [0.15, 0.2) is 17.3 Å². The number of benzene rings is 1. The normalized spacial score (nSPS) is 16.2. The Kier molecular flexibility index (Phi) is 6.74. The zero-order valence-electron chi connectivity index (χ0n) is 17.2. The van der Waals surface area contributed by atoms with Gasteiger partial charge in [0.1, 0.15) is 0 Å². The van der Waals surface area contributed by atoms with E-state index in [4.69, 9.17) is 9.47 Å². The number of hydrogen-bond acceptors (Lipinski definition) is 6. The van der Waals surface area contributed by atoms with Crippen LogP contribution in [-0.4, -0.2) is 55.0 Å². The first-order valence-electron chi connectivity index (χ1n) is 10.1. The lowest BCUT2D eigenvalue weighted by molar-refractivity contribution is -0.133. The number of carbonyl (C=O) groups is 3. The van der Waals surface area contributed by atoms with Gasteiger partial charge in [-0.15, -0.1) is 0 Å². The zero-order valence-corrected chi connectivity index (χ0v) is 17.2. The van der Waals surface area contributed by atoms with Crippen molar-refractivity contribution < 1.29 is 23.9 Å². The van der Waals surface area contributed by atoms with Crippen LogP contribution < -0.4 is 20.1 Å². The lowest BCUT2D eigenvalue weighted by Crippen LogP contribution is -2.46. The van der Waals surface area contributed by atoms with E-state index < -0.39 is 0 Å². The van der Waals surface area contributed by atoms with Gasteiger partial charge in [0.25, 0.3) is 0 Å². The molecule has 2 amide bonds. The number of likely N-dealkylation sites (tertiary alicyclic amines) is 1. The molecule has 0 atom stereocenters. The van der Waals surface area contributed by atoms with E-state index in [1.54, 1.807) is 12.1 Å². The predicted molar refractivity (Wildman–Crippen MR) is 108 cm³/mol. The second kappa shape index (κ2) is 9.26. The summed E-state index contributed by atoms with van der Waals surface area (Å²) < 4.78 is 10.6. The fraction of sp³-hybridized carbons (Fsp3) is 0.571. The highest BCUT2D eigenvalue weighted by atomic mass is 16.7. The van der Waals surface area contributed by atoms with Crippen molar-refractivity contribution in [2.75, 3.05) is 31.7 Å². The van der Waals surface area contributed by atoms with Gasteiger partial charge < -0.3 is 25.0 Å². The molecule has 0 aromatic heterocycles. The molecule has 1 saturated heterocycles. The van der Waals surface area contributed by atoms with Crippen molar-refractivity contribution in [1.29, 1.82) is 0 Å². The number of hydrogen-bond donors (Lipinski definition) is 2. The van der Waals surface area contributed by atoms with Crippen LogP contribution in [0.3, 0.4) is 0 Å². The van der Waals surface area contributed by atoms with E-state index in [2.05, 4.69) is 10.6 Å². The predicted octanol–water partition coefficient (Wildman–Crippen LogP) is 2.18. The van der Waals surface area contributed by atoms with Crippen molar-refractivity contribution >= 4 is 23.3 Å². The largest absolute Gasteiger partial charge is 0.454 e. The smallest absolute Gasteiger partial charge is 0.238 e. The molecule has 0 spiro atoms. The van der Waals surface area contributed by atoms with Gasteiger partial charge in [0.2, 0.25) is 18.6 Å². The molecule has 8 nitrogen and oxygen atoms in total. The lowest BCUT2D eigenvalue weighted by atomic mass is 10.0. The lowest BCUT2D eigenvalue weighted by Gasteiger charge is -2.33. The number of ketones is 1. The summed E-state index contributed by atoms with van der Waals surface area (Å²) in [6, 6.07) is 3.40. The Bertz CT molecular complexity index is 785. The Morgan fingerprint density at radius 1 is 1.14 bits per heavy atom. The molecule has 29 heavy (non-hydrogen) atoms. The van der Waals surface area contributed by atoms with Crippen molar-refractivity contribution in [2.45, 2.75) is 46.1 Å². The summed E-state index contributed by atoms with van der Waals surface area (Å²) in [6.07, 6.45) is 2.22. The Morgan fingerprint density at radius 2 is 1.79 bits per heavy atom. The summed E-state index contributed by atoms with van der Waals surface area (Å²) in [5, 5.41) is 6.04. The molecule has 1 fully saturated rings. The quantitative estimate of drug-likeness (QED) is 0.678. The number of anilines is 1. The van der Waals surface area contributed by atoms with Gasteiger partial charge in [0.05, 0.1) is 12.2 Å². The van der Waals surface area contributed by atoms with Crippen LogP contribution >= 0.6 is 0 Å². The maximum absolute atomic E-state index is 12.4. The number of ether oxygens (including phenoxy) is 2. The standard InChI is InChI=1S/C21H29N3O5/c1-13(2)8-21(27)24-6-4-15(5-7-24)22-11-20(26)23-17-10-19-18(28-12-29-19)9-16(17)14(3)25/h9-10,13,15,22H,4-8,11-12H2,1-3H3,(H,23,26). The molecule has 158 valence electrons. The number of Topliss-reactive ketones (excluding diaryl/α,β-unsaturated/α-hetero) is 1. The van der Waals surface area contributed by atoms with Crippen LogP contribution in [0.5, 0.6) is 11.5 Å². The molecule has 3 rings (SSSR count). The topological polar surface area (TPSA) is 97.0 Å². The highest BCUT2D eigenvalue weighted by Crippen LogP contribution is 2.37. The van der Waals surface area contributed by atoms with E-state index in [0.717, 1.165) is 12.8 Å². The molecule has 0 aliphatic carbocycles. The molecule has 2 heterocycles. The molecule has 8 heteroatoms. The van der Waals surface area contributed by atoms with Crippen LogP contribution in [0, 0.1) is 5.92 Å². The summed E-state index contributed by atoms with van der Waals surface area (Å²) >= 11 is 0. The summed E-state index contributed by atoms with van der Waals surface area (Å²) in [4.78, 5) is 38.4. The molecule has 0 saturated carbocycles. The summed E-state index contributed by atoms with van der Waals surface area (Å²) in [6.45, 7) is 7.19. The van der Waals surface area contributed by atoms with E-state index in [1.807, 2.05) is 18.7 Å². The van der Waals surface area contributed by atoms with Crippen molar-refractivity contribution in [3.8, 4) is 11.5 Å². The molecular formula is C21H29N3O5. The molecule has 0 bridgehead atoms. The molecule has 2 aliphatic rings. The number of amides is 2. The van der Waals surface area contributed by atoms with Crippen molar-refractivity contribution in [3.63, 3.8) is 0 Å². The van der Waals surface area contributed by atoms with Crippen LogP contribution in [0.15, 0.2) is 12.1 Å². The summed E-state index contributed by atoms with van der Waals surface area (Å²) in [5.41, 5.74) is 0.808. The molecule has 0 unspecified atom stereocenters. The van der Waals surface area contributed by atoms with Gasteiger partial charge in [-0.25, -0.2) is 0 Å². The number of piperidine rings is 1. The second-order valence-corrected chi connectivity index (χ2v) is 7.99. The minimum Gasteiger partial charge on any atom is -0.454 e. The average Bonchev–Trinajstić information content (AvgIpc) is 3.13. The number of nitrogens with one attached hydrogen (secondary N) is 2. The van der Waals surface area contributed by atoms with Crippen LogP contribution in [-0.2, 0) is 9.59 Å². The molecule has 1 aromatic rings. The van der Waals surface area contributed by atoms with E-state index >= 15 is 0 Å². The van der Waals surface area contributed by atoms with Gasteiger partial charge in [-0.05, 0) is 31.7 Å². The SMILES string of the molecule is CC(=O)c1cc2c(cc1NC(=O)CNC1CCN(C(=O)CC(C)C)CC1)OCO2. The highest BCUT2D eigenvalue weighted by Gasteiger charge is 2.24. The first-order valence-corrected chi connectivity index (χ1v) is 10.1. The Morgan fingerprint density at radius 3 is 2.41 bits per heavy atom. The molecule has 2 aliphatic heterocycles. The number of carbonyl (C=O) groups excluding carboxylic acids is 3. The third kappa shape index (κ3) is 5.47. The van der Waals surface area contributed by atoms with Gasteiger partial charge in [-0.3, -0.25) is 14.4 Å². The number of nitrogens with zero attached hydrogens (tertiary/aromatic N) is 1. The van der Waals surface area contributed by atoms with Gasteiger partial charge in [-0.2, -0.15) is 0 Å². The van der Waals surface area contributed by atoms with Crippen LogP contribution in [0.25, 0.3) is 0 Å². The molecule has 0 radical (unpaired) electrons. The van der Waals surface area contributed by atoms with Gasteiger partial charge in [-0.1, -0.05) is 13.8 Å². The van der Waals surface area contributed by atoms with Crippen molar-refractivity contribution in [1.82, 2.24) is 10.2 Å². The maximum Gasteiger partial charge on any atom is 0.238 e. The minimum atomic E-state index is -0.232. The summed E-state index contributed by atoms with van der Waals surface area (Å²) in [5.74, 6) is 1.19. The van der Waals surface area contributed by atoms with E-state index in [0.29, 0.717) is 48.2 Å². The van der Waals surface area contributed by atoms with Gasteiger partial charge >= 0.3 is 0 Å². The zero-order chi connectivity index (χ0) is 21.0. The van der Waals surface area contributed by atoms with E-state index in [-0.39, 0.29) is 37.0 Å². The maximum atomic E-state index is 12.4. The first-order chi connectivity index (χ1) is 13.8. The fourth-order valence-corrected chi connectivity index (χ4v) is 3.58. The third-order valence-electron chi connectivity index (χ3n) is 5.15. The van der Waals surface area contributed by atoms with E-state index in [1.165, 1.54) is 6.92 Å². The molecule has 1 aromatic carbocycles. The minimum absolute atomic E-state index is 0.101. The number of rotatable bonds is 7. The van der Waals surface area contributed by atoms with Crippen LogP contribution in [0.4, 0.5) is 5.69 Å². The van der Waals surface area contributed by atoms with Crippen LogP contribution in [0.2, 0.25) is 0 Å². The van der Waals surface area contributed by atoms with Gasteiger partial charge in [0, 0.05) is 37.2 Å². The summed E-state index contributed by atoms with van der Waals surface area (Å²) in [7, 11) is 0. The third-order valence-corrected chi connectivity index (χ3v) is 5.15. The van der Waals surface area contributed by atoms with Crippen LogP contribution in [0.1, 0.15) is 50.4 Å². The number of fused-ring (bicyclic) bond motifs is 1. The monoisotopic (exact) mass is 403 g/mol. The molecular weight excluding hydrogens is 374 g/mol. The Hall–Kier alpha value is -2.61. The first kappa shape index (κ1) is 21.1.